The van der Waals surface area contributed by atoms with Crippen molar-refractivity contribution < 1.29 is 9.53 Å². The van der Waals surface area contributed by atoms with Gasteiger partial charge in [-0.05, 0) is 44.4 Å². The quantitative estimate of drug-likeness (QED) is 0.841. The lowest BCUT2D eigenvalue weighted by molar-refractivity contribution is -0.140. The third-order valence-corrected chi connectivity index (χ3v) is 6.18. The minimum atomic E-state index is 0.251. The molecule has 0 radical (unpaired) electrons. The summed E-state index contributed by atoms with van der Waals surface area (Å²) in [4.78, 5) is 25.7. The van der Waals surface area contributed by atoms with Gasteiger partial charge in [-0.3, -0.25) is 9.78 Å². The zero-order valence-electron chi connectivity index (χ0n) is 15.1. The molecule has 0 unspecified atom stereocenters. The molecular formula is C19H28N4O2. The largest absolute Gasteiger partial charge is 0.376 e. The molecule has 0 aliphatic carbocycles. The SMILES string of the molecule is Cc1nccnc1N1CCC2(CCC(=O)N(C[C@@H]3CCCO3)C2)CC1. The number of hydrogen-bond acceptors (Lipinski definition) is 5. The molecule has 1 amide bonds. The number of piperidine rings is 2. The Labute approximate surface area is 149 Å². The van der Waals surface area contributed by atoms with E-state index in [0.29, 0.717) is 12.3 Å². The predicted octanol–water partition coefficient (Wildman–Crippen LogP) is 2.17. The third kappa shape index (κ3) is 3.50. The van der Waals surface area contributed by atoms with Gasteiger partial charge in [0.05, 0.1) is 11.8 Å². The van der Waals surface area contributed by atoms with E-state index in [0.717, 1.165) is 76.4 Å². The number of nitrogens with zero attached hydrogens (tertiary/aromatic N) is 4. The highest BCUT2D eigenvalue weighted by atomic mass is 16.5. The van der Waals surface area contributed by atoms with Gasteiger partial charge in [-0.25, -0.2) is 4.98 Å². The molecule has 0 saturated carbocycles. The Balaban J connectivity index is 1.39. The predicted molar refractivity (Wildman–Crippen MR) is 95.4 cm³/mol. The summed E-state index contributed by atoms with van der Waals surface area (Å²) >= 11 is 0. The third-order valence-electron chi connectivity index (χ3n) is 6.18. The number of rotatable bonds is 3. The topological polar surface area (TPSA) is 58.6 Å². The van der Waals surface area contributed by atoms with Crippen molar-refractivity contribution in [3.05, 3.63) is 18.1 Å². The molecule has 4 rings (SSSR count). The van der Waals surface area contributed by atoms with Gasteiger partial charge in [-0.1, -0.05) is 0 Å². The Hall–Kier alpha value is -1.69. The van der Waals surface area contributed by atoms with E-state index in [1.165, 1.54) is 0 Å². The summed E-state index contributed by atoms with van der Waals surface area (Å²) in [6, 6.07) is 0. The van der Waals surface area contributed by atoms with Gasteiger partial charge in [-0.15, -0.1) is 0 Å². The van der Waals surface area contributed by atoms with Gasteiger partial charge in [0.25, 0.3) is 0 Å². The van der Waals surface area contributed by atoms with Gasteiger partial charge in [0.15, 0.2) is 0 Å². The molecule has 3 saturated heterocycles. The van der Waals surface area contributed by atoms with Gasteiger partial charge < -0.3 is 14.5 Å². The van der Waals surface area contributed by atoms with Gasteiger partial charge in [0.2, 0.25) is 5.91 Å². The van der Waals surface area contributed by atoms with E-state index in [1.807, 2.05) is 6.92 Å². The first-order valence-corrected chi connectivity index (χ1v) is 9.57. The molecule has 6 heteroatoms. The van der Waals surface area contributed by atoms with Crippen LogP contribution < -0.4 is 4.90 Å². The van der Waals surface area contributed by atoms with Crippen LogP contribution in [-0.4, -0.2) is 59.7 Å². The number of amides is 1. The molecule has 1 aromatic rings. The van der Waals surface area contributed by atoms with Crippen LogP contribution in [0.3, 0.4) is 0 Å². The molecule has 136 valence electrons. The molecule has 4 heterocycles. The molecule has 1 atom stereocenters. The smallest absolute Gasteiger partial charge is 0.222 e. The molecule has 0 aromatic carbocycles. The summed E-state index contributed by atoms with van der Waals surface area (Å²) in [5.41, 5.74) is 1.27. The fourth-order valence-electron chi connectivity index (χ4n) is 4.61. The summed E-state index contributed by atoms with van der Waals surface area (Å²) < 4.78 is 5.75. The Morgan fingerprint density at radius 3 is 2.76 bits per heavy atom. The minimum absolute atomic E-state index is 0.251. The Morgan fingerprint density at radius 2 is 2.04 bits per heavy atom. The number of ether oxygens (including phenoxy) is 1. The zero-order chi connectivity index (χ0) is 17.3. The summed E-state index contributed by atoms with van der Waals surface area (Å²) in [7, 11) is 0. The normalized spacial score (nSPS) is 26.4. The van der Waals surface area contributed by atoms with Crippen molar-refractivity contribution in [3.63, 3.8) is 0 Å². The van der Waals surface area contributed by atoms with Crippen molar-refractivity contribution in [1.82, 2.24) is 14.9 Å². The monoisotopic (exact) mass is 344 g/mol. The van der Waals surface area contributed by atoms with Crippen molar-refractivity contribution in [3.8, 4) is 0 Å². The van der Waals surface area contributed by atoms with E-state index in [4.69, 9.17) is 4.74 Å². The zero-order valence-corrected chi connectivity index (χ0v) is 15.1. The van der Waals surface area contributed by atoms with Crippen molar-refractivity contribution in [2.45, 2.75) is 51.6 Å². The number of aryl methyl sites for hydroxylation is 1. The molecule has 6 nitrogen and oxygen atoms in total. The highest BCUT2D eigenvalue weighted by molar-refractivity contribution is 5.77. The first-order chi connectivity index (χ1) is 12.2. The Kier molecular flexibility index (Phi) is 4.63. The molecule has 1 aromatic heterocycles. The summed E-state index contributed by atoms with van der Waals surface area (Å²) in [5.74, 6) is 1.33. The van der Waals surface area contributed by atoms with E-state index < -0.39 is 0 Å². The number of carbonyl (C=O) groups excluding carboxylic acids is 1. The Morgan fingerprint density at radius 1 is 1.24 bits per heavy atom. The van der Waals surface area contributed by atoms with Gasteiger partial charge in [0, 0.05) is 51.6 Å². The lowest BCUT2D eigenvalue weighted by Crippen LogP contribution is -2.53. The van der Waals surface area contributed by atoms with Crippen LogP contribution in [0.5, 0.6) is 0 Å². The molecule has 1 spiro atoms. The van der Waals surface area contributed by atoms with E-state index >= 15 is 0 Å². The highest BCUT2D eigenvalue weighted by Gasteiger charge is 2.42. The lowest BCUT2D eigenvalue weighted by Gasteiger charge is -2.48. The number of aromatic nitrogens is 2. The van der Waals surface area contributed by atoms with E-state index in [9.17, 15) is 4.79 Å². The lowest BCUT2D eigenvalue weighted by atomic mass is 9.72. The van der Waals surface area contributed by atoms with Crippen molar-refractivity contribution in [2.24, 2.45) is 5.41 Å². The highest BCUT2D eigenvalue weighted by Crippen LogP contribution is 2.41. The molecule has 3 aliphatic rings. The summed E-state index contributed by atoms with van der Waals surface area (Å²) in [6.07, 6.45) is 9.96. The average Bonchev–Trinajstić information content (AvgIpc) is 3.13. The van der Waals surface area contributed by atoms with Crippen LogP contribution in [-0.2, 0) is 9.53 Å². The number of anilines is 1. The molecule has 0 bridgehead atoms. The van der Waals surface area contributed by atoms with E-state index in [1.54, 1.807) is 12.4 Å². The molecule has 3 aliphatic heterocycles. The standard InChI is InChI=1S/C19H28N4O2/c1-15-18(21-9-8-20-15)22-10-6-19(7-11-22)5-4-17(24)23(14-19)13-16-3-2-12-25-16/h8-9,16H,2-7,10-14H2,1H3/t16-/m0/s1. The van der Waals surface area contributed by atoms with Crippen LogP contribution in [0.4, 0.5) is 5.82 Å². The second kappa shape index (κ2) is 6.90. The minimum Gasteiger partial charge on any atom is -0.376 e. The maximum Gasteiger partial charge on any atom is 0.222 e. The van der Waals surface area contributed by atoms with E-state index in [-0.39, 0.29) is 11.5 Å². The van der Waals surface area contributed by atoms with Gasteiger partial charge in [-0.2, -0.15) is 0 Å². The first kappa shape index (κ1) is 16.8. The van der Waals surface area contributed by atoms with Crippen LogP contribution in [0, 0.1) is 12.3 Å². The van der Waals surface area contributed by atoms with Crippen LogP contribution in [0.15, 0.2) is 12.4 Å². The number of hydrogen-bond donors (Lipinski definition) is 0. The average molecular weight is 344 g/mol. The number of likely N-dealkylation sites (tertiary alicyclic amines) is 1. The van der Waals surface area contributed by atoms with Crippen LogP contribution in [0.25, 0.3) is 0 Å². The number of carbonyl (C=O) groups is 1. The first-order valence-electron chi connectivity index (χ1n) is 9.57. The molecule has 3 fully saturated rings. The Bertz CT molecular complexity index is 622. The van der Waals surface area contributed by atoms with Gasteiger partial charge in [0.1, 0.15) is 5.82 Å². The van der Waals surface area contributed by atoms with Crippen molar-refractivity contribution in [2.75, 3.05) is 37.7 Å². The maximum atomic E-state index is 12.4. The van der Waals surface area contributed by atoms with Gasteiger partial charge >= 0.3 is 0 Å². The second-order valence-electron chi connectivity index (χ2n) is 7.86. The second-order valence-corrected chi connectivity index (χ2v) is 7.86. The van der Waals surface area contributed by atoms with Crippen LogP contribution in [0.2, 0.25) is 0 Å². The van der Waals surface area contributed by atoms with Crippen LogP contribution in [0.1, 0.15) is 44.2 Å². The fourth-order valence-corrected chi connectivity index (χ4v) is 4.61. The van der Waals surface area contributed by atoms with E-state index in [2.05, 4.69) is 19.8 Å². The summed E-state index contributed by atoms with van der Waals surface area (Å²) in [5, 5.41) is 0. The maximum absolute atomic E-state index is 12.4. The fraction of sp³-hybridized carbons (Fsp3) is 0.737. The van der Waals surface area contributed by atoms with Crippen molar-refractivity contribution in [1.29, 1.82) is 0 Å². The van der Waals surface area contributed by atoms with Crippen molar-refractivity contribution >= 4 is 11.7 Å². The molecule has 0 N–H and O–H groups in total. The molecular weight excluding hydrogens is 316 g/mol. The molecule has 25 heavy (non-hydrogen) atoms. The summed E-state index contributed by atoms with van der Waals surface area (Å²) in [6.45, 7) is 6.56. The van der Waals surface area contributed by atoms with Crippen LogP contribution >= 0.6 is 0 Å².